The summed E-state index contributed by atoms with van der Waals surface area (Å²) < 4.78 is 6.60. The normalized spacial score (nSPS) is 10.4. The summed E-state index contributed by atoms with van der Waals surface area (Å²) in [6, 6.07) is 14.6. The maximum absolute atomic E-state index is 12.3. The summed E-state index contributed by atoms with van der Waals surface area (Å²) in [6.07, 6.45) is 1.42. The van der Waals surface area contributed by atoms with Crippen molar-refractivity contribution >= 4 is 17.6 Å². The van der Waals surface area contributed by atoms with E-state index in [1.165, 1.54) is 15.9 Å². The van der Waals surface area contributed by atoms with Gasteiger partial charge in [0.1, 0.15) is 6.33 Å². The van der Waals surface area contributed by atoms with Crippen LogP contribution in [0.15, 0.2) is 54.9 Å². The van der Waals surface area contributed by atoms with E-state index < -0.39 is 5.97 Å². The molecule has 0 N–H and O–H groups in total. The lowest BCUT2D eigenvalue weighted by Crippen LogP contribution is -2.30. The summed E-state index contributed by atoms with van der Waals surface area (Å²) in [7, 11) is 5.61. The Labute approximate surface area is 168 Å². The molecule has 150 valence electrons. The number of amides is 1. The van der Waals surface area contributed by atoms with Crippen LogP contribution >= 0.6 is 0 Å². The smallest absolute Gasteiger partial charge is 0.338 e. The summed E-state index contributed by atoms with van der Waals surface area (Å²) in [4.78, 5) is 28.1. The molecular weight excluding hydrogens is 372 g/mol. The number of rotatable bonds is 7. The Balaban J connectivity index is 1.54. The second-order valence-corrected chi connectivity index (χ2v) is 6.69. The summed E-state index contributed by atoms with van der Waals surface area (Å²) in [6.45, 7) is 0.0963. The van der Waals surface area contributed by atoms with E-state index in [9.17, 15) is 9.59 Å². The molecule has 3 rings (SSSR count). The van der Waals surface area contributed by atoms with Crippen LogP contribution in [-0.2, 0) is 16.1 Å². The van der Waals surface area contributed by atoms with Gasteiger partial charge in [0.25, 0.3) is 5.91 Å². The first kappa shape index (κ1) is 20.0. The predicted octanol–water partition coefficient (Wildman–Crippen LogP) is 1.54. The third-order valence-corrected chi connectivity index (χ3v) is 4.32. The summed E-state index contributed by atoms with van der Waals surface area (Å²) in [5.41, 5.74) is 3.01. The van der Waals surface area contributed by atoms with Crippen LogP contribution in [0.5, 0.6) is 0 Å². The van der Waals surface area contributed by atoms with Gasteiger partial charge in [-0.3, -0.25) is 4.79 Å². The van der Waals surface area contributed by atoms with E-state index in [0.717, 1.165) is 11.3 Å². The van der Waals surface area contributed by atoms with Gasteiger partial charge in [-0.15, -0.1) is 5.10 Å². The van der Waals surface area contributed by atoms with Crippen molar-refractivity contribution in [3.63, 3.8) is 0 Å². The summed E-state index contributed by atoms with van der Waals surface area (Å²) in [5, 5.41) is 10.9. The second-order valence-electron chi connectivity index (χ2n) is 6.69. The molecule has 9 heteroatoms. The number of benzene rings is 2. The second kappa shape index (κ2) is 8.96. The lowest BCUT2D eigenvalue weighted by molar-refractivity contribution is -0.133. The van der Waals surface area contributed by atoms with E-state index in [0.29, 0.717) is 17.8 Å². The van der Waals surface area contributed by atoms with Gasteiger partial charge in [-0.1, -0.05) is 18.2 Å². The van der Waals surface area contributed by atoms with Gasteiger partial charge >= 0.3 is 5.97 Å². The highest BCUT2D eigenvalue weighted by Crippen LogP contribution is 2.14. The highest BCUT2D eigenvalue weighted by atomic mass is 16.5. The van der Waals surface area contributed by atoms with Gasteiger partial charge in [-0.05, 0) is 46.3 Å². The fraction of sp³-hybridized carbons (Fsp3) is 0.250. The van der Waals surface area contributed by atoms with Crippen molar-refractivity contribution in [3.05, 3.63) is 66.0 Å². The van der Waals surface area contributed by atoms with Crippen molar-refractivity contribution in [1.82, 2.24) is 25.1 Å². The van der Waals surface area contributed by atoms with Crippen molar-refractivity contribution < 1.29 is 14.3 Å². The van der Waals surface area contributed by atoms with E-state index >= 15 is 0 Å². The molecule has 0 unspecified atom stereocenters. The maximum atomic E-state index is 12.3. The van der Waals surface area contributed by atoms with E-state index in [2.05, 4.69) is 15.5 Å². The van der Waals surface area contributed by atoms with Crippen LogP contribution in [0.2, 0.25) is 0 Å². The quantitative estimate of drug-likeness (QED) is 0.561. The van der Waals surface area contributed by atoms with Gasteiger partial charge in [0.15, 0.2) is 6.61 Å². The molecule has 0 aliphatic heterocycles. The Morgan fingerprint density at radius 1 is 1.07 bits per heavy atom. The zero-order chi connectivity index (χ0) is 20.8. The molecule has 29 heavy (non-hydrogen) atoms. The van der Waals surface area contributed by atoms with Crippen molar-refractivity contribution in [1.29, 1.82) is 0 Å². The molecule has 9 nitrogen and oxygen atoms in total. The van der Waals surface area contributed by atoms with Gasteiger partial charge < -0.3 is 14.5 Å². The maximum Gasteiger partial charge on any atom is 0.338 e. The fourth-order valence-electron chi connectivity index (χ4n) is 2.64. The van der Waals surface area contributed by atoms with Gasteiger partial charge in [0.2, 0.25) is 0 Å². The molecule has 2 aromatic carbocycles. The van der Waals surface area contributed by atoms with E-state index in [4.69, 9.17) is 4.74 Å². The lowest BCUT2D eigenvalue weighted by Gasteiger charge is -2.18. The number of nitrogens with zero attached hydrogens (tertiary/aromatic N) is 6. The molecular formula is C20H22N6O3. The molecule has 3 aromatic rings. The first-order valence-electron chi connectivity index (χ1n) is 8.95. The number of esters is 1. The van der Waals surface area contributed by atoms with Gasteiger partial charge in [0.05, 0.1) is 11.3 Å². The Morgan fingerprint density at radius 3 is 2.48 bits per heavy atom. The molecule has 0 fully saturated rings. The molecule has 0 spiro atoms. The zero-order valence-corrected chi connectivity index (χ0v) is 16.5. The number of ether oxygens (including phenoxy) is 1. The third kappa shape index (κ3) is 5.16. The number of likely N-dealkylation sites (N-methyl/N-ethyl adjacent to an activating group) is 1. The van der Waals surface area contributed by atoms with Crippen LogP contribution in [0, 0.1) is 0 Å². The first-order valence-corrected chi connectivity index (χ1v) is 8.95. The molecule has 1 heterocycles. The van der Waals surface area contributed by atoms with Crippen LogP contribution in [-0.4, -0.2) is 64.7 Å². The number of carbonyl (C=O) groups excluding carboxylic acids is 2. The Morgan fingerprint density at radius 2 is 1.83 bits per heavy atom. The molecule has 1 amide bonds. The third-order valence-electron chi connectivity index (χ3n) is 4.32. The summed E-state index contributed by atoms with van der Waals surface area (Å²) in [5.74, 6) is -0.872. The number of tetrazole rings is 1. The van der Waals surface area contributed by atoms with Crippen molar-refractivity contribution in [2.45, 2.75) is 6.54 Å². The Hall–Kier alpha value is -3.75. The minimum absolute atomic E-state index is 0.285. The minimum atomic E-state index is -0.586. The molecule has 0 saturated carbocycles. The number of hydrogen-bond acceptors (Lipinski definition) is 7. The predicted molar refractivity (Wildman–Crippen MR) is 107 cm³/mol. The van der Waals surface area contributed by atoms with Gasteiger partial charge in [-0.2, -0.15) is 0 Å². The average molecular weight is 394 g/mol. The zero-order valence-electron chi connectivity index (χ0n) is 16.5. The minimum Gasteiger partial charge on any atom is -0.452 e. The number of aromatic nitrogens is 4. The van der Waals surface area contributed by atoms with Crippen molar-refractivity contribution in [3.8, 4) is 5.69 Å². The van der Waals surface area contributed by atoms with Gasteiger partial charge in [-0.25, -0.2) is 9.48 Å². The fourth-order valence-corrected chi connectivity index (χ4v) is 2.64. The topological polar surface area (TPSA) is 93.5 Å². The van der Waals surface area contributed by atoms with Crippen molar-refractivity contribution in [2.75, 3.05) is 32.6 Å². The lowest BCUT2D eigenvalue weighted by atomic mass is 10.2. The van der Waals surface area contributed by atoms with Crippen LogP contribution in [0.25, 0.3) is 5.69 Å². The van der Waals surface area contributed by atoms with Gasteiger partial charge in [0, 0.05) is 33.4 Å². The van der Waals surface area contributed by atoms with E-state index in [1.54, 1.807) is 31.3 Å². The Bertz CT molecular complexity index is 970. The number of hydrogen-bond donors (Lipinski definition) is 0. The summed E-state index contributed by atoms with van der Waals surface area (Å²) >= 11 is 0. The molecule has 0 atom stereocenters. The SMILES string of the molecule is CN(Cc1ccc(N(C)C)cc1)C(=O)COC(=O)c1cccc(-n2cnnn2)c1. The van der Waals surface area contributed by atoms with Crippen LogP contribution in [0.4, 0.5) is 5.69 Å². The highest BCUT2D eigenvalue weighted by Gasteiger charge is 2.15. The standard InChI is InChI=1S/C20H22N6O3/c1-24(2)17-9-7-15(8-10-17)12-25(3)19(27)13-29-20(28)16-5-4-6-18(11-16)26-14-21-22-23-26/h4-11,14H,12-13H2,1-3H3. The molecule has 0 radical (unpaired) electrons. The molecule has 0 saturated heterocycles. The Kier molecular flexibility index (Phi) is 6.18. The number of anilines is 1. The monoisotopic (exact) mass is 394 g/mol. The van der Waals surface area contributed by atoms with Crippen LogP contribution in [0.3, 0.4) is 0 Å². The first-order chi connectivity index (χ1) is 13.9. The largest absolute Gasteiger partial charge is 0.452 e. The average Bonchev–Trinajstić information content (AvgIpc) is 3.27. The van der Waals surface area contributed by atoms with Crippen molar-refractivity contribution in [2.24, 2.45) is 0 Å². The van der Waals surface area contributed by atoms with E-state index in [-0.39, 0.29) is 12.5 Å². The number of carbonyl (C=O) groups is 2. The van der Waals surface area contributed by atoms with Crippen LogP contribution < -0.4 is 4.90 Å². The molecule has 0 aliphatic carbocycles. The molecule has 0 aliphatic rings. The van der Waals surface area contributed by atoms with Crippen LogP contribution in [0.1, 0.15) is 15.9 Å². The molecule has 1 aromatic heterocycles. The highest BCUT2D eigenvalue weighted by molar-refractivity contribution is 5.91. The van der Waals surface area contributed by atoms with E-state index in [1.807, 2.05) is 43.3 Å². The molecule has 0 bridgehead atoms.